The third-order valence-corrected chi connectivity index (χ3v) is 3.53. The molecule has 0 bridgehead atoms. The molecule has 8 nitrogen and oxygen atoms in total. The molecule has 2 amide bonds. The number of halogens is 1. The van der Waals surface area contributed by atoms with Gasteiger partial charge in [-0.15, -0.1) is 0 Å². The zero-order chi connectivity index (χ0) is 19.1. The molecular formula is C17H18ClN3O5. The third-order valence-electron chi connectivity index (χ3n) is 3.28. The van der Waals surface area contributed by atoms with Crippen molar-refractivity contribution < 1.29 is 23.6 Å². The number of ether oxygens (including phenoxy) is 1. The molecule has 0 saturated heterocycles. The molecule has 1 unspecified atom stereocenters. The number of benzene rings is 1. The van der Waals surface area contributed by atoms with Gasteiger partial charge in [-0.3, -0.25) is 14.4 Å². The van der Waals surface area contributed by atoms with Gasteiger partial charge in [0.2, 0.25) is 0 Å². The van der Waals surface area contributed by atoms with Crippen molar-refractivity contribution in [2.75, 3.05) is 11.9 Å². The number of aryl methyl sites for hydroxylation is 1. The first kappa shape index (κ1) is 19.5. The Hall–Kier alpha value is -2.87. The van der Waals surface area contributed by atoms with Crippen LogP contribution in [-0.4, -0.2) is 35.6 Å². The molecule has 0 aliphatic carbocycles. The van der Waals surface area contributed by atoms with E-state index in [1.165, 1.54) is 6.92 Å². The highest BCUT2D eigenvalue weighted by atomic mass is 35.5. The Morgan fingerprint density at radius 1 is 1.27 bits per heavy atom. The molecule has 1 aromatic heterocycles. The van der Waals surface area contributed by atoms with Crippen LogP contribution in [0.1, 0.15) is 29.5 Å². The summed E-state index contributed by atoms with van der Waals surface area (Å²) >= 11 is 5.75. The molecule has 0 fully saturated rings. The van der Waals surface area contributed by atoms with Crippen LogP contribution in [0.5, 0.6) is 0 Å². The van der Waals surface area contributed by atoms with Gasteiger partial charge >= 0.3 is 5.97 Å². The molecule has 0 aliphatic rings. The van der Waals surface area contributed by atoms with E-state index < -0.39 is 18.0 Å². The quantitative estimate of drug-likeness (QED) is 0.714. The van der Waals surface area contributed by atoms with E-state index in [9.17, 15) is 14.4 Å². The van der Waals surface area contributed by atoms with E-state index >= 15 is 0 Å². The molecule has 26 heavy (non-hydrogen) atoms. The zero-order valence-electron chi connectivity index (χ0n) is 14.2. The lowest BCUT2D eigenvalue weighted by Gasteiger charge is -2.12. The first-order valence-electron chi connectivity index (χ1n) is 7.82. The van der Waals surface area contributed by atoms with Gasteiger partial charge in [0.05, 0.1) is 6.42 Å². The van der Waals surface area contributed by atoms with Gasteiger partial charge in [-0.1, -0.05) is 16.8 Å². The van der Waals surface area contributed by atoms with Crippen molar-refractivity contribution in [3.8, 4) is 0 Å². The summed E-state index contributed by atoms with van der Waals surface area (Å²) in [6, 6.07) is 7.89. The molecule has 1 aromatic carbocycles. The first-order valence-corrected chi connectivity index (χ1v) is 8.20. The fraction of sp³-hybridized carbons (Fsp3) is 0.294. The fourth-order valence-electron chi connectivity index (χ4n) is 1.94. The van der Waals surface area contributed by atoms with Crippen LogP contribution in [0.4, 0.5) is 5.82 Å². The van der Waals surface area contributed by atoms with Crippen LogP contribution in [0, 0.1) is 6.92 Å². The van der Waals surface area contributed by atoms with Crippen molar-refractivity contribution in [3.05, 3.63) is 46.7 Å². The number of nitrogens with one attached hydrogen (secondary N) is 2. The van der Waals surface area contributed by atoms with Crippen LogP contribution in [0.2, 0.25) is 5.02 Å². The van der Waals surface area contributed by atoms with E-state index in [0.717, 1.165) is 0 Å². The molecule has 0 saturated carbocycles. The molecule has 2 N–H and O–H groups in total. The van der Waals surface area contributed by atoms with Gasteiger partial charge in [-0.25, -0.2) is 0 Å². The molecule has 138 valence electrons. The van der Waals surface area contributed by atoms with Gasteiger partial charge < -0.3 is 19.9 Å². The molecule has 0 radical (unpaired) electrons. The van der Waals surface area contributed by atoms with E-state index in [0.29, 0.717) is 16.3 Å². The van der Waals surface area contributed by atoms with Gasteiger partial charge in [0.15, 0.2) is 11.9 Å². The van der Waals surface area contributed by atoms with Gasteiger partial charge in [0.25, 0.3) is 11.8 Å². The maximum atomic E-state index is 11.9. The summed E-state index contributed by atoms with van der Waals surface area (Å²) in [4.78, 5) is 35.6. The zero-order valence-corrected chi connectivity index (χ0v) is 15.0. The standard InChI is InChI=1S/C17H18ClN3O5/c1-10-9-14(21-26-10)20-16(23)11(2)25-15(22)7-8-19-17(24)12-3-5-13(18)6-4-12/h3-6,9,11H,7-8H2,1-2H3,(H,19,24)(H,20,21,23). The molecular weight excluding hydrogens is 362 g/mol. The molecule has 0 aliphatic heterocycles. The average Bonchev–Trinajstić information content (AvgIpc) is 3.00. The fourth-order valence-corrected chi connectivity index (χ4v) is 2.07. The summed E-state index contributed by atoms with van der Waals surface area (Å²) in [5.41, 5.74) is 0.429. The number of esters is 1. The second kappa shape index (κ2) is 9.00. The average molecular weight is 380 g/mol. The van der Waals surface area contributed by atoms with Crippen molar-refractivity contribution >= 4 is 35.2 Å². The number of hydrogen-bond donors (Lipinski definition) is 2. The SMILES string of the molecule is Cc1cc(NC(=O)C(C)OC(=O)CCNC(=O)c2ccc(Cl)cc2)no1. The number of aromatic nitrogens is 1. The van der Waals surface area contributed by atoms with Crippen molar-refractivity contribution in [3.63, 3.8) is 0 Å². The first-order chi connectivity index (χ1) is 12.3. The lowest BCUT2D eigenvalue weighted by atomic mass is 10.2. The maximum Gasteiger partial charge on any atom is 0.308 e. The minimum Gasteiger partial charge on any atom is -0.452 e. The van der Waals surface area contributed by atoms with Crippen LogP contribution >= 0.6 is 11.6 Å². The molecule has 2 aromatic rings. The Balaban J connectivity index is 1.71. The van der Waals surface area contributed by atoms with Crippen molar-refractivity contribution in [1.29, 1.82) is 0 Å². The summed E-state index contributed by atoms with van der Waals surface area (Å²) in [6.07, 6.45) is -1.08. The highest BCUT2D eigenvalue weighted by Crippen LogP contribution is 2.10. The Morgan fingerprint density at radius 2 is 1.96 bits per heavy atom. The molecule has 1 atom stereocenters. The number of carbonyl (C=O) groups excluding carboxylic acids is 3. The predicted octanol–water partition coefficient (Wildman–Crippen LogP) is 2.33. The van der Waals surface area contributed by atoms with Crippen LogP contribution in [0.15, 0.2) is 34.9 Å². The van der Waals surface area contributed by atoms with Gasteiger partial charge in [0.1, 0.15) is 5.76 Å². The molecule has 0 spiro atoms. The minimum absolute atomic E-state index is 0.0694. The smallest absolute Gasteiger partial charge is 0.308 e. The van der Waals surface area contributed by atoms with Crippen molar-refractivity contribution in [2.45, 2.75) is 26.4 Å². The number of anilines is 1. The number of hydrogen-bond acceptors (Lipinski definition) is 6. The van der Waals surface area contributed by atoms with E-state index in [1.54, 1.807) is 37.3 Å². The monoisotopic (exact) mass is 379 g/mol. The van der Waals surface area contributed by atoms with Crippen LogP contribution < -0.4 is 10.6 Å². The highest BCUT2D eigenvalue weighted by Gasteiger charge is 2.19. The summed E-state index contributed by atoms with van der Waals surface area (Å²) in [6.45, 7) is 3.20. The second-order valence-electron chi connectivity index (χ2n) is 5.46. The van der Waals surface area contributed by atoms with Gasteiger partial charge in [0, 0.05) is 23.2 Å². The van der Waals surface area contributed by atoms with E-state index in [-0.39, 0.29) is 24.7 Å². The number of amides is 2. The topological polar surface area (TPSA) is 111 Å². The van der Waals surface area contributed by atoms with Crippen molar-refractivity contribution in [2.24, 2.45) is 0 Å². The Kier molecular flexibility index (Phi) is 6.74. The molecule has 2 rings (SSSR count). The predicted molar refractivity (Wildman–Crippen MR) is 93.8 cm³/mol. The highest BCUT2D eigenvalue weighted by molar-refractivity contribution is 6.30. The molecule has 9 heteroatoms. The summed E-state index contributed by atoms with van der Waals surface area (Å²) < 4.78 is 9.84. The lowest BCUT2D eigenvalue weighted by molar-refractivity contribution is -0.153. The third kappa shape index (κ3) is 5.89. The second-order valence-corrected chi connectivity index (χ2v) is 5.89. The maximum absolute atomic E-state index is 11.9. The Morgan fingerprint density at radius 3 is 2.58 bits per heavy atom. The largest absolute Gasteiger partial charge is 0.452 e. The minimum atomic E-state index is -1.01. The van der Waals surface area contributed by atoms with Crippen LogP contribution in [0.3, 0.4) is 0 Å². The van der Waals surface area contributed by atoms with Crippen LogP contribution in [0.25, 0.3) is 0 Å². The Labute approximate surface area is 154 Å². The lowest BCUT2D eigenvalue weighted by Crippen LogP contribution is -2.32. The van der Waals surface area contributed by atoms with Gasteiger partial charge in [-0.2, -0.15) is 0 Å². The number of rotatable bonds is 7. The normalized spacial score (nSPS) is 11.5. The Bertz CT molecular complexity index is 788. The van der Waals surface area contributed by atoms with E-state index in [2.05, 4.69) is 15.8 Å². The number of nitrogens with zero attached hydrogens (tertiary/aromatic N) is 1. The van der Waals surface area contributed by atoms with E-state index in [1.807, 2.05) is 0 Å². The summed E-state index contributed by atoms with van der Waals surface area (Å²) in [7, 11) is 0. The molecule has 1 heterocycles. The van der Waals surface area contributed by atoms with E-state index in [4.69, 9.17) is 20.9 Å². The number of carbonyl (C=O) groups is 3. The van der Waals surface area contributed by atoms with Crippen LogP contribution in [-0.2, 0) is 14.3 Å². The van der Waals surface area contributed by atoms with Gasteiger partial charge in [-0.05, 0) is 38.1 Å². The van der Waals surface area contributed by atoms with Crippen molar-refractivity contribution in [1.82, 2.24) is 10.5 Å². The summed E-state index contributed by atoms with van der Waals surface area (Å²) in [5, 5.41) is 9.20. The summed E-state index contributed by atoms with van der Waals surface area (Å²) in [5.74, 6) is -0.689.